The molecule has 1 amide bonds. The predicted octanol–water partition coefficient (Wildman–Crippen LogP) is -0.526. The lowest BCUT2D eigenvalue weighted by Gasteiger charge is -2.14. The topological polar surface area (TPSA) is 150 Å². The van der Waals surface area contributed by atoms with Gasteiger partial charge >= 0.3 is 5.97 Å². The Morgan fingerprint density at radius 2 is 2.10 bits per heavy atom. The van der Waals surface area contributed by atoms with Crippen LogP contribution in [-0.2, 0) is 19.6 Å². The summed E-state index contributed by atoms with van der Waals surface area (Å²) in [4.78, 5) is 21.5. The first-order valence-electron chi connectivity index (χ1n) is 5.71. The number of rotatable bonds is 6. The second-order valence-corrected chi connectivity index (χ2v) is 5.96. The van der Waals surface area contributed by atoms with E-state index in [-0.39, 0.29) is 10.5 Å². The molecule has 0 unspecified atom stereocenters. The molecule has 9 heteroatoms. The van der Waals surface area contributed by atoms with Crippen molar-refractivity contribution in [2.75, 3.05) is 0 Å². The highest BCUT2D eigenvalue weighted by Crippen LogP contribution is 2.17. The van der Waals surface area contributed by atoms with E-state index in [0.717, 1.165) is 6.07 Å². The van der Waals surface area contributed by atoms with Gasteiger partial charge in [0, 0.05) is 0 Å². The second-order valence-electron chi connectivity index (χ2n) is 4.27. The summed E-state index contributed by atoms with van der Waals surface area (Å²) >= 11 is 0. The molecule has 8 nitrogen and oxygen atoms in total. The Morgan fingerprint density at radius 1 is 1.48 bits per heavy atom. The number of sulfonamides is 1. The predicted molar refractivity (Wildman–Crippen MR) is 71.5 cm³/mol. The first kappa shape index (κ1) is 16.6. The molecule has 1 atom stereocenters. The molecule has 0 aliphatic rings. The number of nitrogens with one attached hydrogen (secondary N) is 1. The summed E-state index contributed by atoms with van der Waals surface area (Å²) in [6.45, 7) is 1.50. The van der Waals surface area contributed by atoms with Crippen molar-refractivity contribution in [1.82, 2.24) is 4.72 Å². The van der Waals surface area contributed by atoms with Crippen molar-refractivity contribution < 1.29 is 23.1 Å². The molecule has 112 valence electrons. The molecule has 21 heavy (non-hydrogen) atoms. The number of nitrogens with zero attached hydrogens (tertiary/aromatic N) is 1. The Kier molecular flexibility index (Phi) is 5.02. The van der Waals surface area contributed by atoms with Crippen LogP contribution in [0.4, 0.5) is 0 Å². The third-order valence-electron chi connectivity index (χ3n) is 2.61. The van der Waals surface area contributed by atoms with Gasteiger partial charge in [0.25, 0.3) is 0 Å². The summed E-state index contributed by atoms with van der Waals surface area (Å²) in [7, 11) is -4.20. The first-order chi connectivity index (χ1) is 9.67. The van der Waals surface area contributed by atoms with E-state index in [0.29, 0.717) is 5.56 Å². The van der Waals surface area contributed by atoms with Crippen LogP contribution in [0.2, 0.25) is 0 Å². The Bertz CT molecular complexity index is 721. The molecule has 0 aromatic heterocycles. The van der Waals surface area contributed by atoms with Crippen LogP contribution in [-0.4, -0.2) is 31.4 Å². The van der Waals surface area contributed by atoms with E-state index < -0.39 is 34.4 Å². The average Bonchev–Trinajstić information content (AvgIpc) is 2.37. The molecule has 0 fully saturated rings. The van der Waals surface area contributed by atoms with Crippen LogP contribution in [0.15, 0.2) is 23.1 Å². The molecule has 0 spiro atoms. The van der Waals surface area contributed by atoms with Crippen molar-refractivity contribution in [3.63, 3.8) is 0 Å². The minimum Gasteiger partial charge on any atom is -0.480 e. The zero-order chi connectivity index (χ0) is 16.2. The van der Waals surface area contributed by atoms with E-state index in [2.05, 4.69) is 0 Å². The fourth-order valence-electron chi connectivity index (χ4n) is 1.59. The number of aryl methyl sites for hydroxylation is 1. The number of nitrogens with two attached hydrogens (primary N) is 1. The van der Waals surface area contributed by atoms with Crippen LogP contribution in [0.1, 0.15) is 17.5 Å². The highest BCUT2D eigenvalue weighted by atomic mass is 32.2. The zero-order valence-electron chi connectivity index (χ0n) is 11.0. The molecule has 4 N–H and O–H groups in total. The second kappa shape index (κ2) is 6.34. The molecule has 0 heterocycles. The molecule has 0 aliphatic carbocycles. The molecule has 0 saturated carbocycles. The van der Waals surface area contributed by atoms with Crippen LogP contribution in [0.3, 0.4) is 0 Å². The third kappa shape index (κ3) is 4.27. The van der Waals surface area contributed by atoms with Crippen molar-refractivity contribution in [3.05, 3.63) is 29.3 Å². The van der Waals surface area contributed by atoms with E-state index in [1.807, 2.05) is 4.72 Å². The van der Waals surface area contributed by atoms with Crippen LogP contribution in [0.25, 0.3) is 0 Å². The molecule has 0 radical (unpaired) electrons. The quantitative estimate of drug-likeness (QED) is 0.642. The number of primary amides is 1. The summed E-state index contributed by atoms with van der Waals surface area (Å²) in [6, 6.07) is 4.11. The molecule has 0 aliphatic heterocycles. The summed E-state index contributed by atoms with van der Waals surface area (Å²) in [6.07, 6.45) is -0.675. The molecule has 1 aromatic carbocycles. The van der Waals surface area contributed by atoms with Crippen molar-refractivity contribution >= 4 is 21.9 Å². The highest BCUT2D eigenvalue weighted by Gasteiger charge is 2.28. The van der Waals surface area contributed by atoms with Crippen molar-refractivity contribution in [2.24, 2.45) is 5.73 Å². The van der Waals surface area contributed by atoms with Crippen LogP contribution in [0.5, 0.6) is 0 Å². The van der Waals surface area contributed by atoms with E-state index in [4.69, 9.17) is 16.1 Å². The smallest absolute Gasteiger partial charge is 0.322 e. The van der Waals surface area contributed by atoms with Gasteiger partial charge in [-0.3, -0.25) is 9.59 Å². The van der Waals surface area contributed by atoms with Gasteiger partial charge in [0.15, 0.2) is 0 Å². The lowest BCUT2D eigenvalue weighted by atomic mass is 10.2. The van der Waals surface area contributed by atoms with Gasteiger partial charge < -0.3 is 10.8 Å². The van der Waals surface area contributed by atoms with E-state index in [1.54, 1.807) is 6.07 Å². The van der Waals surface area contributed by atoms with Crippen LogP contribution in [0, 0.1) is 18.3 Å². The fourth-order valence-corrected chi connectivity index (χ4v) is 3.05. The maximum Gasteiger partial charge on any atom is 0.322 e. The lowest BCUT2D eigenvalue weighted by molar-refractivity contribution is -0.140. The van der Waals surface area contributed by atoms with Gasteiger partial charge in [-0.15, -0.1) is 0 Å². The summed E-state index contributed by atoms with van der Waals surface area (Å²) in [5.41, 5.74) is 5.34. The number of hydrogen-bond donors (Lipinski definition) is 3. The van der Waals surface area contributed by atoms with E-state index in [9.17, 15) is 18.0 Å². The highest BCUT2D eigenvalue weighted by molar-refractivity contribution is 7.89. The Balaban J connectivity index is 3.19. The minimum atomic E-state index is -4.20. The molecule has 0 bridgehead atoms. The number of benzene rings is 1. The average molecular weight is 311 g/mol. The van der Waals surface area contributed by atoms with Gasteiger partial charge in [-0.2, -0.15) is 9.98 Å². The number of carboxylic acid groups (broad SMARTS) is 1. The summed E-state index contributed by atoms with van der Waals surface area (Å²) in [5.74, 6) is -2.47. The summed E-state index contributed by atoms with van der Waals surface area (Å²) in [5, 5.41) is 17.7. The van der Waals surface area contributed by atoms with E-state index in [1.165, 1.54) is 19.1 Å². The number of carboxylic acids is 1. The van der Waals surface area contributed by atoms with Gasteiger partial charge in [-0.05, 0) is 24.6 Å². The number of nitriles is 1. The third-order valence-corrected chi connectivity index (χ3v) is 4.22. The van der Waals surface area contributed by atoms with Crippen molar-refractivity contribution in [1.29, 1.82) is 5.26 Å². The number of carbonyl (C=O) groups is 2. The molecule has 0 saturated heterocycles. The standard InChI is InChI=1S/C12H13N3O5S/c1-7-2-3-8(6-13)4-10(7)21(19,20)15-9(12(17)18)5-11(14)16/h2-4,9,15H,5H2,1H3,(H2,14,16)(H,17,18)/t9-/m1/s1. The molecular formula is C12H13N3O5S. The molecule has 1 aromatic rings. The van der Waals surface area contributed by atoms with Crippen molar-refractivity contribution in [2.45, 2.75) is 24.3 Å². The summed E-state index contributed by atoms with van der Waals surface area (Å²) < 4.78 is 26.3. The number of carbonyl (C=O) groups excluding carboxylic acids is 1. The monoisotopic (exact) mass is 311 g/mol. The Hall–Kier alpha value is -2.44. The normalized spacial score (nSPS) is 12.4. The van der Waals surface area contributed by atoms with Gasteiger partial charge in [0.05, 0.1) is 22.9 Å². The SMILES string of the molecule is Cc1ccc(C#N)cc1S(=O)(=O)N[C@H](CC(N)=O)C(=O)O. The van der Waals surface area contributed by atoms with Gasteiger partial charge in [0.2, 0.25) is 15.9 Å². The largest absolute Gasteiger partial charge is 0.480 e. The van der Waals surface area contributed by atoms with Gasteiger partial charge in [0.1, 0.15) is 6.04 Å². The molecule has 1 rings (SSSR count). The number of aliphatic carboxylic acids is 1. The maximum atomic E-state index is 12.2. The lowest BCUT2D eigenvalue weighted by Crippen LogP contribution is -2.43. The van der Waals surface area contributed by atoms with Crippen LogP contribution >= 0.6 is 0 Å². The number of amides is 1. The minimum absolute atomic E-state index is 0.114. The van der Waals surface area contributed by atoms with Crippen LogP contribution < -0.4 is 10.5 Å². The fraction of sp³-hybridized carbons (Fsp3) is 0.250. The maximum absolute atomic E-state index is 12.2. The Morgan fingerprint density at radius 3 is 2.57 bits per heavy atom. The first-order valence-corrected chi connectivity index (χ1v) is 7.20. The number of hydrogen-bond acceptors (Lipinski definition) is 5. The molecular weight excluding hydrogens is 298 g/mol. The van der Waals surface area contributed by atoms with Crippen molar-refractivity contribution in [3.8, 4) is 6.07 Å². The van der Waals surface area contributed by atoms with Gasteiger partial charge in [-0.1, -0.05) is 6.07 Å². The Labute approximate surface area is 121 Å². The van der Waals surface area contributed by atoms with Gasteiger partial charge in [-0.25, -0.2) is 8.42 Å². The zero-order valence-corrected chi connectivity index (χ0v) is 11.8. The van der Waals surface area contributed by atoms with E-state index >= 15 is 0 Å².